The van der Waals surface area contributed by atoms with Gasteiger partial charge in [-0.3, -0.25) is 4.79 Å². The molecule has 2 N–H and O–H groups in total. The fourth-order valence-electron chi connectivity index (χ4n) is 1.28. The summed E-state index contributed by atoms with van der Waals surface area (Å²) in [6.45, 7) is 5.05. The van der Waals surface area contributed by atoms with Crippen LogP contribution in [0.25, 0.3) is 0 Å². The fraction of sp³-hybridized carbons (Fsp3) is 0.909. The molecule has 0 fully saturated rings. The molecule has 0 heterocycles. The number of likely N-dealkylation sites (N-methyl/N-ethyl adjacent to an activating group) is 1. The summed E-state index contributed by atoms with van der Waals surface area (Å²) < 4.78 is 25.7. The van der Waals surface area contributed by atoms with Crippen LogP contribution in [-0.2, 0) is 15.0 Å². The fourth-order valence-corrected chi connectivity index (χ4v) is 2.18. The molecule has 0 aromatic carbocycles. The summed E-state index contributed by atoms with van der Waals surface area (Å²) in [4.78, 5) is 11.5. The maximum atomic E-state index is 11.8. The molecule has 0 spiro atoms. The zero-order valence-electron chi connectivity index (χ0n) is 12.4. The van der Waals surface area contributed by atoms with Gasteiger partial charge in [-0.2, -0.15) is 17.0 Å². The van der Waals surface area contributed by atoms with Crippen molar-refractivity contribution in [3.8, 4) is 0 Å². The van der Waals surface area contributed by atoms with E-state index >= 15 is 0 Å². The minimum absolute atomic E-state index is 0.0833. The lowest BCUT2D eigenvalue weighted by molar-refractivity contribution is -0.125. The number of carbonyl (C=O) groups is 1. The number of amides is 1. The van der Waals surface area contributed by atoms with E-state index in [1.807, 2.05) is 0 Å². The van der Waals surface area contributed by atoms with Gasteiger partial charge >= 0.3 is 0 Å². The lowest BCUT2D eigenvalue weighted by Crippen LogP contribution is -2.49. The van der Waals surface area contributed by atoms with Gasteiger partial charge in [0.05, 0.1) is 12.1 Å². The Balaban J connectivity index is 4.53. The van der Waals surface area contributed by atoms with E-state index < -0.39 is 22.4 Å². The minimum Gasteiger partial charge on any atom is -0.390 e. The predicted octanol–water partition coefficient (Wildman–Crippen LogP) is -0.754. The molecule has 19 heavy (non-hydrogen) atoms. The van der Waals surface area contributed by atoms with Crippen molar-refractivity contribution in [1.82, 2.24) is 13.9 Å². The Labute approximate surface area is 115 Å². The highest BCUT2D eigenvalue weighted by molar-refractivity contribution is 7.86. The summed E-state index contributed by atoms with van der Waals surface area (Å²) in [6, 6.07) is -0.519. The van der Waals surface area contributed by atoms with Gasteiger partial charge in [0.25, 0.3) is 10.2 Å². The first-order valence-corrected chi connectivity index (χ1v) is 7.52. The molecular formula is C11H25N3O4S. The molecule has 0 aliphatic carbocycles. The number of nitrogens with one attached hydrogen (secondary N) is 1. The second-order valence-electron chi connectivity index (χ2n) is 5.09. The molecule has 1 unspecified atom stereocenters. The van der Waals surface area contributed by atoms with Crippen LogP contribution < -0.4 is 5.32 Å². The third kappa shape index (κ3) is 5.43. The summed E-state index contributed by atoms with van der Waals surface area (Å²) in [7, 11) is 0.666. The average Bonchev–Trinajstić information content (AvgIpc) is 2.27. The first-order valence-electron chi connectivity index (χ1n) is 6.12. The smallest absolute Gasteiger partial charge is 0.281 e. The largest absolute Gasteiger partial charge is 0.390 e. The normalized spacial score (nSPS) is 15.9. The van der Waals surface area contributed by atoms with Crippen molar-refractivity contribution in [2.75, 3.05) is 27.7 Å². The van der Waals surface area contributed by atoms with Crippen LogP contribution >= 0.6 is 0 Å². The van der Waals surface area contributed by atoms with Gasteiger partial charge in [0, 0.05) is 33.6 Å². The Kier molecular flexibility index (Phi) is 6.92. The van der Waals surface area contributed by atoms with E-state index in [2.05, 4.69) is 5.32 Å². The number of hydrogen-bond donors (Lipinski definition) is 2. The van der Waals surface area contributed by atoms with Crippen molar-refractivity contribution >= 4 is 16.1 Å². The van der Waals surface area contributed by atoms with Crippen LogP contribution in [0.5, 0.6) is 0 Å². The molecule has 0 saturated heterocycles. The Morgan fingerprint density at radius 2 is 1.68 bits per heavy atom. The van der Waals surface area contributed by atoms with E-state index in [-0.39, 0.29) is 18.4 Å². The van der Waals surface area contributed by atoms with Gasteiger partial charge in [0.15, 0.2) is 0 Å². The summed E-state index contributed by atoms with van der Waals surface area (Å²) in [6.07, 6.45) is -0.970. The first-order chi connectivity index (χ1) is 8.50. The summed E-state index contributed by atoms with van der Waals surface area (Å²) in [5.74, 6) is -0.359. The zero-order chi connectivity index (χ0) is 15.4. The van der Waals surface area contributed by atoms with Crippen molar-refractivity contribution in [3.05, 3.63) is 0 Å². The van der Waals surface area contributed by atoms with Gasteiger partial charge in [-0.15, -0.1) is 0 Å². The van der Waals surface area contributed by atoms with E-state index in [9.17, 15) is 18.3 Å². The molecule has 0 aromatic rings. The van der Waals surface area contributed by atoms with Crippen LogP contribution in [0, 0.1) is 5.92 Å². The van der Waals surface area contributed by atoms with Gasteiger partial charge in [-0.05, 0) is 6.92 Å². The molecule has 0 rings (SSSR count). The highest BCUT2D eigenvalue weighted by atomic mass is 32.2. The van der Waals surface area contributed by atoms with Gasteiger partial charge in [-0.1, -0.05) is 13.8 Å². The van der Waals surface area contributed by atoms with E-state index in [0.717, 1.165) is 8.61 Å². The Morgan fingerprint density at radius 3 is 2.05 bits per heavy atom. The number of aliphatic hydroxyl groups excluding tert-OH is 1. The van der Waals surface area contributed by atoms with Gasteiger partial charge in [0.2, 0.25) is 5.91 Å². The Morgan fingerprint density at radius 1 is 1.21 bits per heavy atom. The third-order valence-corrected chi connectivity index (χ3v) is 4.63. The second kappa shape index (κ2) is 7.18. The van der Waals surface area contributed by atoms with Crippen LogP contribution in [0.3, 0.4) is 0 Å². The molecular weight excluding hydrogens is 270 g/mol. The number of aliphatic hydroxyl groups is 1. The zero-order valence-corrected chi connectivity index (χ0v) is 13.2. The molecule has 0 saturated carbocycles. The highest BCUT2D eigenvalue weighted by Gasteiger charge is 2.26. The van der Waals surface area contributed by atoms with Crippen LogP contribution in [-0.4, -0.2) is 67.9 Å². The minimum atomic E-state index is -3.56. The number of carbonyl (C=O) groups excluding carboxylic acids is 1. The Hall–Kier alpha value is -0.700. The SMILES string of the molecule is CC(C)C(=O)N[C@@H](C)C(O)CN(C)S(=O)(=O)N(C)C. The maximum absolute atomic E-state index is 11.8. The van der Waals surface area contributed by atoms with E-state index in [1.54, 1.807) is 20.8 Å². The van der Waals surface area contributed by atoms with Crippen molar-refractivity contribution in [2.45, 2.75) is 32.9 Å². The van der Waals surface area contributed by atoms with Crippen LogP contribution in [0.2, 0.25) is 0 Å². The molecule has 1 amide bonds. The molecule has 7 nitrogen and oxygen atoms in total. The molecule has 0 bridgehead atoms. The van der Waals surface area contributed by atoms with Gasteiger partial charge in [0.1, 0.15) is 0 Å². The molecule has 0 aromatic heterocycles. The van der Waals surface area contributed by atoms with Crippen LogP contribution in [0.1, 0.15) is 20.8 Å². The average molecular weight is 295 g/mol. The highest BCUT2D eigenvalue weighted by Crippen LogP contribution is 2.05. The monoisotopic (exact) mass is 295 g/mol. The van der Waals surface area contributed by atoms with Crippen molar-refractivity contribution in [3.63, 3.8) is 0 Å². The van der Waals surface area contributed by atoms with Crippen molar-refractivity contribution in [2.24, 2.45) is 5.92 Å². The standard InChI is InChI=1S/C11H25N3O4S/c1-8(2)11(16)12-9(3)10(15)7-14(6)19(17,18)13(4)5/h8-10,15H,7H2,1-6H3,(H,12,16)/t9-,10?/m0/s1. The Bertz CT molecular complexity index is 395. The molecule has 114 valence electrons. The molecule has 0 radical (unpaired) electrons. The quantitative estimate of drug-likeness (QED) is 0.646. The predicted molar refractivity (Wildman–Crippen MR) is 73.7 cm³/mol. The summed E-state index contributed by atoms with van der Waals surface area (Å²) >= 11 is 0. The number of nitrogens with zero attached hydrogens (tertiary/aromatic N) is 2. The molecule has 0 aliphatic rings. The number of hydrogen-bond acceptors (Lipinski definition) is 4. The van der Waals surface area contributed by atoms with Crippen LogP contribution in [0.4, 0.5) is 0 Å². The van der Waals surface area contributed by atoms with Gasteiger partial charge in [-0.25, -0.2) is 0 Å². The maximum Gasteiger partial charge on any atom is 0.281 e. The lowest BCUT2D eigenvalue weighted by Gasteiger charge is -2.27. The summed E-state index contributed by atoms with van der Waals surface area (Å²) in [5.41, 5.74) is 0. The lowest BCUT2D eigenvalue weighted by atomic mass is 10.1. The first kappa shape index (κ1) is 18.3. The van der Waals surface area contributed by atoms with E-state index in [4.69, 9.17) is 0 Å². The second-order valence-corrected chi connectivity index (χ2v) is 7.34. The topological polar surface area (TPSA) is 90.0 Å². The van der Waals surface area contributed by atoms with Crippen molar-refractivity contribution in [1.29, 1.82) is 0 Å². The van der Waals surface area contributed by atoms with Crippen molar-refractivity contribution < 1.29 is 18.3 Å². The van der Waals surface area contributed by atoms with E-state index in [0.29, 0.717) is 0 Å². The summed E-state index contributed by atoms with van der Waals surface area (Å²) in [5, 5.41) is 12.6. The van der Waals surface area contributed by atoms with E-state index in [1.165, 1.54) is 21.1 Å². The third-order valence-electron chi connectivity index (χ3n) is 2.77. The molecule has 8 heteroatoms. The molecule has 0 aliphatic heterocycles. The molecule has 2 atom stereocenters. The van der Waals surface area contributed by atoms with Crippen LogP contribution in [0.15, 0.2) is 0 Å². The van der Waals surface area contributed by atoms with Gasteiger partial charge < -0.3 is 10.4 Å². The number of rotatable bonds is 7.